The fraction of sp³-hybridized carbons (Fsp3) is 0.263. The van der Waals surface area contributed by atoms with Gasteiger partial charge in [0.2, 0.25) is 5.91 Å². The normalized spacial score (nSPS) is 9.96. The van der Waals surface area contributed by atoms with Crippen LogP contribution in [0.2, 0.25) is 0 Å². The number of nitrogens with one attached hydrogen (secondary N) is 2. The monoisotopic (exact) mass is 358 g/mol. The van der Waals surface area contributed by atoms with Crippen LogP contribution in [0.4, 0.5) is 11.4 Å². The van der Waals surface area contributed by atoms with E-state index in [1.54, 1.807) is 63.6 Å². The Morgan fingerprint density at radius 2 is 1.73 bits per heavy atom. The van der Waals surface area contributed by atoms with Gasteiger partial charge in [0, 0.05) is 11.8 Å². The number of esters is 1. The minimum atomic E-state index is -0.476. The maximum absolute atomic E-state index is 12.2. The van der Waals surface area contributed by atoms with Crippen molar-refractivity contribution in [2.45, 2.75) is 6.92 Å². The van der Waals surface area contributed by atoms with E-state index in [9.17, 15) is 9.59 Å². The Balaban J connectivity index is 2.01. The lowest BCUT2D eigenvalue weighted by Gasteiger charge is -2.13. The highest BCUT2D eigenvalue weighted by Gasteiger charge is 2.14. The highest BCUT2D eigenvalue weighted by Crippen LogP contribution is 2.29. The molecule has 0 aliphatic heterocycles. The number of hydrogen-bond acceptors (Lipinski definition) is 6. The molecule has 138 valence electrons. The van der Waals surface area contributed by atoms with Crippen molar-refractivity contribution in [2.75, 3.05) is 38.0 Å². The first-order valence-corrected chi connectivity index (χ1v) is 8.11. The van der Waals surface area contributed by atoms with Crippen LogP contribution in [0.5, 0.6) is 11.5 Å². The second-order valence-corrected chi connectivity index (χ2v) is 5.24. The highest BCUT2D eigenvalue weighted by molar-refractivity contribution is 6.02. The molecule has 0 bridgehead atoms. The number of anilines is 2. The molecule has 0 aliphatic carbocycles. The molecule has 7 nitrogen and oxygen atoms in total. The summed E-state index contributed by atoms with van der Waals surface area (Å²) in [6, 6.07) is 12.0. The summed E-state index contributed by atoms with van der Waals surface area (Å²) >= 11 is 0. The smallest absolute Gasteiger partial charge is 0.340 e. The van der Waals surface area contributed by atoms with E-state index in [1.165, 1.54) is 0 Å². The number of carbonyl (C=O) groups is 2. The first kappa shape index (κ1) is 19.1. The number of carbonyl (C=O) groups excluding carboxylic acids is 2. The van der Waals surface area contributed by atoms with E-state index in [0.29, 0.717) is 28.4 Å². The van der Waals surface area contributed by atoms with Crippen LogP contribution >= 0.6 is 0 Å². The molecule has 1 amide bonds. The number of benzene rings is 2. The molecule has 0 aromatic heterocycles. The van der Waals surface area contributed by atoms with Gasteiger partial charge in [-0.1, -0.05) is 12.1 Å². The van der Waals surface area contributed by atoms with Gasteiger partial charge in [0.1, 0.15) is 0 Å². The molecule has 2 aromatic carbocycles. The number of para-hydroxylation sites is 1. The van der Waals surface area contributed by atoms with Gasteiger partial charge in [0.25, 0.3) is 0 Å². The SMILES string of the molecule is CCOC(=O)c1ccccc1NC(=O)CNc1ccc(OC)c(OC)c1. The number of rotatable bonds is 8. The summed E-state index contributed by atoms with van der Waals surface area (Å²) in [5.41, 5.74) is 1.43. The van der Waals surface area contributed by atoms with Crippen LogP contribution in [0.1, 0.15) is 17.3 Å². The van der Waals surface area contributed by atoms with Crippen LogP contribution in [0.15, 0.2) is 42.5 Å². The predicted octanol–water partition coefficient (Wildman–Crippen LogP) is 2.93. The number of ether oxygens (including phenoxy) is 3. The molecule has 0 radical (unpaired) electrons. The van der Waals surface area contributed by atoms with Gasteiger partial charge in [-0.25, -0.2) is 4.79 Å². The standard InChI is InChI=1S/C19H22N2O5/c1-4-26-19(23)14-7-5-6-8-15(14)21-18(22)12-20-13-9-10-16(24-2)17(11-13)25-3/h5-11,20H,4,12H2,1-3H3,(H,21,22). The molecule has 2 rings (SSSR count). The third-order valence-corrected chi connectivity index (χ3v) is 3.53. The Bertz CT molecular complexity index is 776. The maximum Gasteiger partial charge on any atom is 0.340 e. The van der Waals surface area contributed by atoms with E-state index >= 15 is 0 Å². The topological polar surface area (TPSA) is 85.9 Å². The number of amides is 1. The van der Waals surface area contributed by atoms with Gasteiger partial charge < -0.3 is 24.8 Å². The van der Waals surface area contributed by atoms with Crippen molar-refractivity contribution >= 4 is 23.3 Å². The molecule has 7 heteroatoms. The van der Waals surface area contributed by atoms with E-state index < -0.39 is 5.97 Å². The van der Waals surface area contributed by atoms with Crippen LogP contribution < -0.4 is 20.1 Å². The molecule has 2 aromatic rings. The van der Waals surface area contributed by atoms with Gasteiger partial charge in [-0.2, -0.15) is 0 Å². The zero-order valence-corrected chi connectivity index (χ0v) is 15.0. The van der Waals surface area contributed by atoms with Crippen molar-refractivity contribution in [1.82, 2.24) is 0 Å². The van der Waals surface area contributed by atoms with E-state index in [1.807, 2.05) is 0 Å². The molecule has 0 fully saturated rings. The van der Waals surface area contributed by atoms with Gasteiger partial charge in [-0.15, -0.1) is 0 Å². The number of hydrogen-bond donors (Lipinski definition) is 2. The van der Waals surface area contributed by atoms with Crippen molar-refractivity contribution in [3.63, 3.8) is 0 Å². The summed E-state index contributed by atoms with van der Waals surface area (Å²) < 4.78 is 15.4. The second-order valence-electron chi connectivity index (χ2n) is 5.24. The summed E-state index contributed by atoms with van der Waals surface area (Å²) in [4.78, 5) is 24.2. The zero-order chi connectivity index (χ0) is 18.9. The molecule has 0 spiro atoms. The molecular formula is C19H22N2O5. The zero-order valence-electron chi connectivity index (χ0n) is 15.0. The van der Waals surface area contributed by atoms with E-state index in [-0.39, 0.29) is 19.1 Å². The van der Waals surface area contributed by atoms with Gasteiger partial charge in [-0.3, -0.25) is 4.79 Å². The second kappa shape index (κ2) is 9.31. The van der Waals surface area contributed by atoms with Crippen LogP contribution in [0, 0.1) is 0 Å². The molecule has 0 atom stereocenters. The molecule has 0 saturated carbocycles. The molecular weight excluding hydrogens is 336 g/mol. The predicted molar refractivity (Wildman–Crippen MR) is 99.1 cm³/mol. The summed E-state index contributed by atoms with van der Waals surface area (Å²) in [5, 5.41) is 5.71. The molecule has 0 heterocycles. The lowest BCUT2D eigenvalue weighted by Crippen LogP contribution is -2.23. The lowest BCUT2D eigenvalue weighted by molar-refractivity contribution is -0.114. The quantitative estimate of drug-likeness (QED) is 0.706. The maximum atomic E-state index is 12.2. The molecule has 0 saturated heterocycles. The van der Waals surface area contributed by atoms with E-state index in [0.717, 1.165) is 0 Å². The van der Waals surface area contributed by atoms with E-state index in [2.05, 4.69) is 10.6 Å². The van der Waals surface area contributed by atoms with Crippen molar-refractivity contribution in [3.05, 3.63) is 48.0 Å². The lowest BCUT2D eigenvalue weighted by atomic mass is 10.2. The first-order valence-electron chi connectivity index (χ1n) is 8.11. The Morgan fingerprint density at radius 3 is 2.42 bits per heavy atom. The summed E-state index contributed by atoms with van der Waals surface area (Å²) in [7, 11) is 3.10. The Hall–Kier alpha value is -3.22. The van der Waals surface area contributed by atoms with Gasteiger partial charge in [-0.05, 0) is 31.2 Å². The molecule has 0 aliphatic rings. The van der Waals surface area contributed by atoms with Crippen LogP contribution in [0.3, 0.4) is 0 Å². The highest BCUT2D eigenvalue weighted by atomic mass is 16.5. The summed E-state index contributed by atoms with van der Waals surface area (Å²) in [6.07, 6.45) is 0. The average Bonchev–Trinajstić information content (AvgIpc) is 2.66. The minimum Gasteiger partial charge on any atom is -0.493 e. The Kier molecular flexibility index (Phi) is 6.84. The third-order valence-electron chi connectivity index (χ3n) is 3.53. The largest absolute Gasteiger partial charge is 0.493 e. The molecule has 26 heavy (non-hydrogen) atoms. The minimum absolute atomic E-state index is 0.0205. The fourth-order valence-electron chi connectivity index (χ4n) is 2.30. The molecule has 0 unspecified atom stereocenters. The van der Waals surface area contributed by atoms with Crippen molar-refractivity contribution in [1.29, 1.82) is 0 Å². The van der Waals surface area contributed by atoms with Crippen molar-refractivity contribution in [3.8, 4) is 11.5 Å². The van der Waals surface area contributed by atoms with E-state index in [4.69, 9.17) is 14.2 Å². The first-order chi connectivity index (χ1) is 12.6. The Labute approximate surface area is 152 Å². The van der Waals surface area contributed by atoms with Crippen LogP contribution in [-0.4, -0.2) is 39.2 Å². The van der Waals surface area contributed by atoms with Gasteiger partial charge in [0.15, 0.2) is 11.5 Å². The van der Waals surface area contributed by atoms with Crippen LogP contribution in [0.25, 0.3) is 0 Å². The summed E-state index contributed by atoms with van der Waals surface area (Å²) in [5.74, 6) is 0.393. The van der Waals surface area contributed by atoms with Crippen molar-refractivity contribution < 1.29 is 23.8 Å². The average molecular weight is 358 g/mol. The number of methoxy groups -OCH3 is 2. The van der Waals surface area contributed by atoms with Crippen molar-refractivity contribution in [2.24, 2.45) is 0 Å². The third kappa shape index (κ3) is 4.89. The van der Waals surface area contributed by atoms with Gasteiger partial charge in [0.05, 0.1) is 38.6 Å². The Morgan fingerprint density at radius 1 is 1.00 bits per heavy atom. The molecule has 2 N–H and O–H groups in total. The van der Waals surface area contributed by atoms with Gasteiger partial charge >= 0.3 is 5.97 Å². The summed E-state index contributed by atoms with van der Waals surface area (Å²) in [6.45, 7) is 2.01. The van der Waals surface area contributed by atoms with Crippen LogP contribution in [-0.2, 0) is 9.53 Å². The fourth-order valence-corrected chi connectivity index (χ4v) is 2.30.